The van der Waals surface area contributed by atoms with Gasteiger partial charge in [-0.25, -0.2) is 9.37 Å². The van der Waals surface area contributed by atoms with Crippen LogP contribution in [0.2, 0.25) is 5.02 Å². The molecule has 1 atom stereocenters. The third-order valence-corrected chi connectivity index (χ3v) is 4.57. The Bertz CT molecular complexity index is 752. The van der Waals surface area contributed by atoms with E-state index in [0.29, 0.717) is 11.3 Å². The number of imidazole rings is 1. The summed E-state index contributed by atoms with van der Waals surface area (Å²) in [5, 5.41) is 4.20. The fraction of sp³-hybridized carbons (Fsp3) is 0.214. The van der Waals surface area contributed by atoms with Crippen LogP contribution in [0.4, 0.5) is 4.39 Å². The lowest BCUT2D eigenvalue weighted by atomic mass is 10.1. The van der Waals surface area contributed by atoms with E-state index in [0.717, 1.165) is 5.52 Å². The zero-order valence-electron chi connectivity index (χ0n) is 10.6. The molecule has 1 aromatic carbocycles. The van der Waals surface area contributed by atoms with Crippen molar-refractivity contribution < 1.29 is 4.39 Å². The van der Waals surface area contributed by atoms with Crippen molar-refractivity contribution in [1.82, 2.24) is 9.55 Å². The lowest BCUT2D eigenvalue weighted by Crippen LogP contribution is -2.09. The molecule has 20 heavy (non-hydrogen) atoms. The van der Waals surface area contributed by atoms with Gasteiger partial charge in [0.2, 0.25) is 0 Å². The summed E-state index contributed by atoms with van der Waals surface area (Å²) < 4.78 is 15.6. The molecule has 0 aliphatic heterocycles. The Hall–Kier alpha value is -1.10. The predicted molar refractivity (Wildman–Crippen MR) is 82.4 cm³/mol. The Morgan fingerprint density at radius 2 is 2.25 bits per heavy atom. The molecule has 0 spiro atoms. The first-order valence-electron chi connectivity index (χ1n) is 6.05. The highest BCUT2D eigenvalue weighted by Gasteiger charge is 2.18. The van der Waals surface area contributed by atoms with E-state index in [1.807, 2.05) is 9.95 Å². The quantitative estimate of drug-likeness (QED) is 0.601. The van der Waals surface area contributed by atoms with Crippen molar-refractivity contribution in [2.24, 2.45) is 0 Å². The van der Waals surface area contributed by atoms with Gasteiger partial charge in [0.1, 0.15) is 11.6 Å². The minimum atomic E-state index is -0.465. The summed E-state index contributed by atoms with van der Waals surface area (Å²) in [4.78, 5) is 4.40. The summed E-state index contributed by atoms with van der Waals surface area (Å²) in [6.45, 7) is 2.07. The van der Waals surface area contributed by atoms with E-state index in [1.54, 1.807) is 17.4 Å². The molecule has 0 saturated heterocycles. The minimum Gasteiger partial charge on any atom is -0.320 e. The van der Waals surface area contributed by atoms with Gasteiger partial charge in [0.15, 0.2) is 0 Å². The van der Waals surface area contributed by atoms with E-state index >= 15 is 0 Å². The predicted octanol–water partition coefficient (Wildman–Crippen LogP) is 5.24. The van der Waals surface area contributed by atoms with Crippen LogP contribution in [0, 0.1) is 5.82 Å². The number of rotatable bonds is 3. The minimum absolute atomic E-state index is 0.0709. The molecule has 0 amide bonds. The summed E-state index contributed by atoms with van der Waals surface area (Å²) in [7, 11) is 0. The Morgan fingerprint density at radius 1 is 1.45 bits per heavy atom. The van der Waals surface area contributed by atoms with E-state index in [2.05, 4.69) is 23.4 Å². The lowest BCUT2D eigenvalue weighted by Gasteiger charge is -2.16. The molecule has 2 aromatic heterocycles. The van der Waals surface area contributed by atoms with E-state index in [9.17, 15) is 4.39 Å². The van der Waals surface area contributed by atoms with E-state index in [4.69, 9.17) is 23.2 Å². The van der Waals surface area contributed by atoms with Crippen molar-refractivity contribution in [2.75, 3.05) is 0 Å². The van der Waals surface area contributed by atoms with Crippen LogP contribution in [0.1, 0.15) is 24.4 Å². The van der Waals surface area contributed by atoms with Crippen molar-refractivity contribution in [1.29, 1.82) is 0 Å². The van der Waals surface area contributed by atoms with Crippen LogP contribution >= 0.6 is 34.5 Å². The smallest absolute Gasteiger partial charge is 0.144 e. The van der Waals surface area contributed by atoms with Gasteiger partial charge in [-0.15, -0.1) is 11.6 Å². The average molecular weight is 329 g/mol. The first-order chi connectivity index (χ1) is 9.61. The summed E-state index contributed by atoms with van der Waals surface area (Å²) in [5.41, 5.74) is 2.54. The Morgan fingerprint density at radius 3 is 2.90 bits per heavy atom. The van der Waals surface area contributed by atoms with Crippen LogP contribution in [0.3, 0.4) is 0 Å². The Labute approximate surface area is 129 Å². The third kappa shape index (κ3) is 2.22. The Kier molecular flexibility index (Phi) is 3.71. The molecular formula is C14H11Cl2FN2S. The van der Waals surface area contributed by atoms with Gasteiger partial charge in [-0.1, -0.05) is 11.6 Å². The number of hydrogen-bond donors (Lipinski definition) is 0. The van der Waals surface area contributed by atoms with Crippen LogP contribution in [-0.4, -0.2) is 9.55 Å². The number of alkyl halides is 1. The zero-order valence-corrected chi connectivity index (χ0v) is 12.9. The Balaban J connectivity index is 2.25. The first kappa shape index (κ1) is 13.9. The van der Waals surface area contributed by atoms with Crippen LogP contribution in [0.15, 0.2) is 29.0 Å². The molecule has 0 bridgehead atoms. The van der Waals surface area contributed by atoms with Gasteiger partial charge in [0.25, 0.3) is 0 Å². The number of halogens is 3. The third-order valence-electron chi connectivity index (χ3n) is 3.34. The summed E-state index contributed by atoms with van der Waals surface area (Å²) in [6, 6.07) is 5.09. The zero-order chi connectivity index (χ0) is 14.3. The molecule has 0 saturated carbocycles. The summed E-state index contributed by atoms with van der Waals surface area (Å²) in [5.74, 6) is 0.512. The molecule has 0 aliphatic carbocycles. The number of thiophene rings is 1. The van der Waals surface area contributed by atoms with Crippen molar-refractivity contribution in [3.05, 3.63) is 51.2 Å². The second-order valence-electron chi connectivity index (χ2n) is 4.52. The molecule has 6 heteroatoms. The highest BCUT2D eigenvalue weighted by molar-refractivity contribution is 7.07. The van der Waals surface area contributed by atoms with E-state index < -0.39 is 5.82 Å². The second-order valence-corrected chi connectivity index (χ2v) is 5.97. The standard InChI is InChI=1S/C14H11Cl2FN2S/c1-8(9-2-3-20-7-9)19-13-4-10(16)11(17)5-12(13)18-14(19)6-15/h2-5,7-8H,6H2,1H3. The fourth-order valence-electron chi connectivity index (χ4n) is 2.33. The first-order valence-corrected chi connectivity index (χ1v) is 7.91. The highest BCUT2D eigenvalue weighted by Crippen LogP contribution is 2.30. The molecule has 2 nitrogen and oxygen atoms in total. The number of aromatic nitrogens is 2. The topological polar surface area (TPSA) is 17.8 Å². The molecule has 1 unspecified atom stereocenters. The summed E-state index contributed by atoms with van der Waals surface area (Å²) >= 11 is 13.5. The fourth-order valence-corrected chi connectivity index (χ4v) is 3.42. The molecule has 0 fully saturated rings. The number of fused-ring (bicyclic) bond motifs is 1. The largest absolute Gasteiger partial charge is 0.320 e. The normalized spacial score (nSPS) is 13.0. The molecule has 0 radical (unpaired) electrons. The maximum Gasteiger partial charge on any atom is 0.144 e. The van der Waals surface area contributed by atoms with Gasteiger partial charge >= 0.3 is 0 Å². The van der Waals surface area contributed by atoms with Crippen molar-refractivity contribution >= 4 is 45.6 Å². The van der Waals surface area contributed by atoms with Crippen LogP contribution in [0.5, 0.6) is 0 Å². The average Bonchev–Trinajstić information content (AvgIpc) is 3.06. The van der Waals surface area contributed by atoms with Crippen molar-refractivity contribution in [2.45, 2.75) is 18.8 Å². The van der Waals surface area contributed by atoms with Gasteiger partial charge in [-0.3, -0.25) is 0 Å². The van der Waals surface area contributed by atoms with Crippen LogP contribution in [0.25, 0.3) is 11.0 Å². The van der Waals surface area contributed by atoms with Crippen molar-refractivity contribution in [3.8, 4) is 0 Å². The molecule has 0 aliphatic rings. The molecule has 2 heterocycles. The van der Waals surface area contributed by atoms with Gasteiger partial charge in [0, 0.05) is 6.07 Å². The number of nitrogens with zero attached hydrogens (tertiary/aromatic N) is 2. The molecule has 3 aromatic rings. The monoisotopic (exact) mass is 328 g/mol. The SMILES string of the molecule is CC(c1ccsc1)n1c(CCl)nc2cc(F)c(Cl)cc21. The van der Waals surface area contributed by atoms with Crippen molar-refractivity contribution in [3.63, 3.8) is 0 Å². The maximum absolute atomic E-state index is 13.6. The van der Waals surface area contributed by atoms with E-state index in [1.165, 1.54) is 11.6 Å². The van der Waals surface area contributed by atoms with Crippen LogP contribution < -0.4 is 0 Å². The lowest BCUT2D eigenvalue weighted by molar-refractivity contribution is 0.627. The van der Waals surface area contributed by atoms with E-state index in [-0.39, 0.29) is 16.9 Å². The molecule has 104 valence electrons. The number of hydrogen-bond acceptors (Lipinski definition) is 2. The number of benzene rings is 1. The molecule has 3 rings (SSSR count). The molecular weight excluding hydrogens is 318 g/mol. The molecule has 0 N–H and O–H groups in total. The van der Waals surface area contributed by atoms with Gasteiger partial charge in [-0.05, 0) is 35.4 Å². The highest BCUT2D eigenvalue weighted by atomic mass is 35.5. The summed E-state index contributed by atoms with van der Waals surface area (Å²) in [6.07, 6.45) is 0. The maximum atomic E-state index is 13.6. The second kappa shape index (κ2) is 5.35. The van der Waals surface area contributed by atoms with Crippen LogP contribution in [-0.2, 0) is 5.88 Å². The van der Waals surface area contributed by atoms with Gasteiger partial charge < -0.3 is 4.57 Å². The van der Waals surface area contributed by atoms with Gasteiger partial charge in [-0.2, -0.15) is 11.3 Å². The van der Waals surface area contributed by atoms with Gasteiger partial charge in [0.05, 0.1) is 28.0 Å².